The van der Waals surface area contributed by atoms with Gasteiger partial charge in [-0.25, -0.2) is 13.6 Å². The van der Waals surface area contributed by atoms with E-state index in [2.05, 4.69) is 10.2 Å². The first kappa shape index (κ1) is 23.1. The van der Waals surface area contributed by atoms with Gasteiger partial charge in [0.2, 0.25) is 0 Å². The fourth-order valence-corrected chi connectivity index (χ4v) is 5.89. The minimum absolute atomic E-state index is 0.0547. The molecular formula is C27H27F2N3O4. The zero-order chi connectivity index (χ0) is 25.2. The highest BCUT2D eigenvalue weighted by molar-refractivity contribution is 6.00. The highest BCUT2D eigenvalue weighted by Crippen LogP contribution is 2.48. The third-order valence-corrected chi connectivity index (χ3v) is 7.79. The van der Waals surface area contributed by atoms with E-state index in [-0.39, 0.29) is 30.7 Å². The lowest BCUT2D eigenvalue weighted by molar-refractivity contribution is -0.157. The number of benzene rings is 2. The number of rotatable bonds is 4. The van der Waals surface area contributed by atoms with E-state index in [9.17, 15) is 14.3 Å². The molecule has 188 valence electrons. The van der Waals surface area contributed by atoms with Gasteiger partial charge in [0.05, 0.1) is 18.3 Å². The maximum Gasteiger partial charge on any atom is 0.335 e. The van der Waals surface area contributed by atoms with E-state index >= 15 is 4.39 Å². The summed E-state index contributed by atoms with van der Waals surface area (Å²) < 4.78 is 44.0. The van der Waals surface area contributed by atoms with Crippen LogP contribution < -0.4 is 0 Å². The molecule has 2 aliphatic rings. The summed E-state index contributed by atoms with van der Waals surface area (Å²) in [5, 5.41) is 17.7. The van der Waals surface area contributed by atoms with Crippen LogP contribution in [0.5, 0.6) is 0 Å². The Morgan fingerprint density at radius 3 is 2.69 bits per heavy atom. The topological polar surface area (TPSA) is 89.4 Å². The molecule has 4 heterocycles. The highest BCUT2D eigenvalue weighted by atomic mass is 19.1. The van der Waals surface area contributed by atoms with Crippen LogP contribution in [0.2, 0.25) is 0 Å². The first-order chi connectivity index (χ1) is 17.3. The largest absolute Gasteiger partial charge is 0.479 e. The molecule has 4 aromatic rings. The number of carboxylic acids is 1. The van der Waals surface area contributed by atoms with Gasteiger partial charge in [-0.15, -0.1) is 0 Å². The maximum absolute atomic E-state index is 16.3. The number of nitrogens with one attached hydrogen (secondary N) is 1. The molecule has 2 N–H and O–H groups in total. The van der Waals surface area contributed by atoms with Gasteiger partial charge in [0.25, 0.3) is 0 Å². The Morgan fingerprint density at radius 1 is 1.22 bits per heavy atom. The van der Waals surface area contributed by atoms with E-state index in [0.717, 1.165) is 29.8 Å². The molecule has 2 aliphatic heterocycles. The molecule has 2 aromatic heterocycles. The number of aryl methyl sites for hydroxylation is 1. The summed E-state index contributed by atoms with van der Waals surface area (Å²) in [5.41, 5.74) is 2.49. The Kier molecular flexibility index (Phi) is 5.38. The quantitative estimate of drug-likeness (QED) is 0.399. The predicted molar refractivity (Wildman–Crippen MR) is 130 cm³/mol. The normalized spacial score (nSPS) is 23.2. The Hall–Kier alpha value is -3.30. The van der Waals surface area contributed by atoms with Gasteiger partial charge in [0.15, 0.2) is 11.4 Å². The molecule has 0 spiro atoms. The van der Waals surface area contributed by atoms with Crippen molar-refractivity contribution in [2.24, 2.45) is 0 Å². The second-order valence-electron chi connectivity index (χ2n) is 10.1. The Bertz CT molecular complexity index is 1500. The lowest BCUT2D eigenvalue weighted by Crippen LogP contribution is -2.34. The molecule has 9 heteroatoms. The van der Waals surface area contributed by atoms with Crippen LogP contribution in [0.1, 0.15) is 54.8 Å². The van der Waals surface area contributed by atoms with E-state index in [1.165, 1.54) is 6.07 Å². The van der Waals surface area contributed by atoms with Gasteiger partial charge in [-0.2, -0.15) is 5.10 Å². The van der Waals surface area contributed by atoms with Crippen molar-refractivity contribution < 1.29 is 28.2 Å². The lowest BCUT2D eigenvalue weighted by Gasteiger charge is -2.27. The zero-order valence-corrected chi connectivity index (χ0v) is 20.1. The standard InChI is InChI=1S/C27H27F2N3O4/c1-14-9-18(3-4-19(14)28)32-20-10-16-12-30-31-24(16)23(29)22(20)21(25(32)15-5-7-35-8-6-15)17-11-27(2,26(33)34)36-13-17/h3-4,9-10,12,15,17H,5-8,11,13H2,1-2H3,(H,30,31)(H,33,34)/t17-,27+/m1/s1. The van der Waals surface area contributed by atoms with Gasteiger partial charge in [0.1, 0.15) is 11.3 Å². The number of hydrogen-bond donors (Lipinski definition) is 2. The van der Waals surface area contributed by atoms with Gasteiger partial charge in [-0.3, -0.25) is 5.10 Å². The number of nitrogens with zero attached hydrogens (tertiary/aromatic N) is 2. The van der Waals surface area contributed by atoms with Crippen molar-refractivity contribution in [1.29, 1.82) is 0 Å². The summed E-state index contributed by atoms with van der Waals surface area (Å²) in [6.07, 6.45) is 3.29. The van der Waals surface area contributed by atoms with Crippen molar-refractivity contribution >= 4 is 27.8 Å². The number of halogens is 2. The molecule has 0 bridgehead atoms. The van der Waals surface area contributed by atoms with Crippen molar-refractivity contribution in [1.82, 2.24) is 14.8 Å². The molecule has 7 nitrogen and oxygen atoms in total. The Balaban J connectivity index is 1.70. The van der Waals surface area contributed by atoms with Gasteiger partial charge in [-0.05, 0) is 68.5 Å². The second-order valence-corrected chi connectivity index (χ2v) is 10.1. The number of fused-ring (bicyclic) bond motifs is 2. The average Bonchev–Trinajstić information content (AvgIpc) is 3.58. The van der Waals surface area contributed by atoms with E-state index < -0.39 is 17.4 Å². The first-order valence-corrected chi connectivity index (χ1v) is 12.2. The van der Waals surface area contributed by atoms with Crippen molar-refractivity contribution in [2.75, 3.05) is 19.8 Å². The summed E-state index contributed by atoms with van der Waals surface area (Å²) in [6, 6.07) is 6.80. The number of ether oxygens (including phenoxy) is 2. The van der Waals surface area contributed by atoms with Crippen molar-refractivity contribution in [3.05, 3.63) is 58.9 Å². The minimum Gasteiger partial charge on any atom is -0.479 e. The lowest BCUT2D eigenvalue weighted by atomic mass is 9.84. The van der Waals surface area contributed by atoms with Gasteiger partial charge >= 0.3 is 5.97 Å². The minimum atomic E-state index is -1.35. The molecule has 36 heavy (non-hydrogen) atoms. The maximum atomic E-state index is 16.3. The van der Waals surface area contributed by atoms with Crippen LogP contribution in [-0.4, -0.2) is 51.3 Å². The smallest absolute Gasteiger partial charge is 0.335 e. The molecule has 2 aromatic carbocycles. The summed E-state index contributed by atoms with van der Waals surface area (Å²) in [4.78, 5) is 12.0. The molecular weight excluding hydrogens is 468 g/mol. The molecule has 0 amide bonds. The van der Waals surface area contributed by atoms with Crippen molar-refractivity contribution in [3.8, 4) is 5.69 Å². The Morgan fingerprint density at radius 2 is 2.00 bits per heavy atom. The summed E-state index contributed by atoms with van der Waals surface area (Å²) in [5.74, 6) is -2.05. The Labute approximate surface area is 206 Å². The summed E-state index contributed by atoms with van der Waals surface area (Å²) in [7, 11) is 0. The van der Waals surface area contributed by atoms with E-state index in [1.807, 2.05) is 10.6 Å². The molecule has 0 radical (unpaired) electrons. The second kappa shape index (κ2) is 8.38. The van der Waals surface area contributed by atoms with Crippen LogP contribution >= 0.6 is 0 Å². The molecule has 0 aliphatic carbocycles. The van der Waals surface area contributed by atoms with Gasteiger partial charge in [-0.1, -0.05) is 0 Å². The SMILES string of the molecule is Cc1cc(-n2c(C3CCOCC3)c([C@H]3CO[C@](C)(C(=O)O)C3)c3c(F)c4[nH]ncc4cc32)ccc1F. The van der Waals surface area contributed by atoms with Gasteiger partial charge in [0, 0.05) is 47.2 Å². The first-order valence-electron chi connectivity index (χ1n) is 12.2. The summed E-state index contributed by atoms with van der Waals surface area (Å²) in [6.45, 7) is 4.60. The zero-order valence-electron chi connectivity index (χ0n) is 20.1. The highest BCUT2D eigenvalue weighted by Gasteiger charge is 2.46. The van der Waals surface area contributed by atoms with E-state index in [1.54, 1.807) is 32.2 Å². The van der Waals surface area contributed by atoms with Crippen LogP contribution in [0.3, 0.4) is 0 Å². The fourth-order valence-electron chi connectivity index (χ4n) is 5.89. The van der Waals surface area contributed by atoms with Crippen LogP contribution in [0.25, 0.3) is 27.5 Å². The van der Waals surface area contributed by atoms with Crippen LogP contribution in [0.4, 0.5) is 8.78 Å². The molecule has 2 fully saturated rings. The van der Waals surface area contributed by atoms with Crippen LogP contribution in [-0.2, 0) is 14.3 Å². The third-order valence-electron chi connectivity index (χ3n) is 7.79. The number of aromatic nitrogens is 3. The fraction of sp³-hybridized carbons (Fsp3) is 0.407. The number of hydrogen-bond acceptors (Lipinski definition) is 4. The van der Waals surface area contributed by atoms with E-state index in [0.29, 0.717) is 40.6 Å². The summed E-state index contributed by atoms with van der Waals surface area (Å²) >= 11 is 0. The number of aliphatic carboxylic acids is 1. The number of carbonyl (C=O) groups is 1. The van der Waals surface area contributed by atoms with E-state index in [4.69, 9.17) is 9.47 Å². The average molecular weight is 496 g/mol. The van der Waals surface area contributed by atoms with Crippen LogP contribution in [0, 0.1) is 18.6 Å². The monoisotopic (exact) mass is 495 g/mol. The van der Waals surface area contributed by atoms with Crippen LogP contribution in [0.15, 0.2) is 30.5 Å². The molecule has 0 unspecified atom stereocenters. The number of carboxylic acid groups (broad SMARTS) is 1. The third kappa shape index (κ3) is 3.44. The number of aromatic amines is 1. The molecule has 6 rings (SSSR count). The molecule has 0 saturated carbocycles. The molecule has 2 atom stereocenters. The predicted octanol–water partition coefficient (Wildman–Crippen LogP) is 5.33. The van der Waals surface area contributed by atoms with Gasteiger partial charge < -0.3 is 19.1 Å². The van der Waals surface area contributed by atoms with Crippen molar-refractivity contribution in [2.45, 2.75) is 50.5 Å². The van der Waals surface area contributed by atoms with Crippen molar-refractivity contribution in [3.63, 3.8) is 0 Å². The number of H-pyrrole nitrogens is 1. The molecule has 2 saturated heterocycles.